The standard InChI is InChI=1S/C13H19NO2S/c1-8(2)9-6-11(13(15)16)10(4-5-17-3)12(14)7-9/h6-8H,4-5,14H2,1-3H3,(H,15,16). The number of hydrogen-bond donors (Lipinski definition) is 2. The molecule has 0 aliphatic heterocycles. The van der Waals surface area contributed by atoms with Crippen molar-refractivity contribution in [1.82, 2.24) is 0 Å². The van der Waals surface area contributed by atoms with Gasteiger partial charge in [-0.2, -0.15) is 11.8 Å². The van der Waals surface area contributed by atoms with Crippen molar-refractivity contribution >= 4 is 23.4 Å². The summed E-state index contributed by atoms with van der Waals surface area (Å²) in [6.07, 6.45) is 2.70. The van der Waals surface area contributed by atoms with E-state index in [9.17, 15) is 9.90 Å². The summed E-state index contributed by atoms with van der Waals surface area (Å²) in [6.45, 7) is 4.06. The number of hydrogen-bond acceptors (Lipinski definition) is 3. The van der Waals surface area contributed by atoms with Gasteiger partial charge in [0.25, 0.3) is 0 Å². The predicted molar refractivity (Wildman–Crippen MR) is 74.0 cm³/mol. The highest BCUT2D eigenvalue weighted by atomic mass is 32.2. The Balaban J connectivity index is 3.23. The van der Waals surface area contributed by atoms with Gasteiger partial charge in [0, 0.05) is 5.69 Å². The van der Waals surface area contributed by atoms with Gasteiger partial charge in [-0.25, -0.2) is 4.79 Å². The number of carboxylic acid groups (broad SMARTS) is 1. The van der Waals surface area contributed by atoms with Crippen LogP contribution in [0.5, 0.6) is 0 Å². The number of nitrogens with two attached hydrogens (primary N) is 1. The lowest BCUT2D eigenvalue weighted by molar-refractivity contribution is 0.0695. The molecule has 0 unspecified atom stereocenters. The number of aromatic carboxylic acids is 1. The van der Waals surface area contributed by atoms with Gasteiger partial charge in [-0.3, -0.25) is 0 Å². The highest BCUT2D eigenvalue weighted by Gasteiger charge is 2.15. The summed E-state index contributed by atoms with van der Waals surface area (Å²) < 4.78 is 0. The average molecular weight is 253 g/mol. The van der Waals surface area contributed by atoms with Gasteiger partial charge in [0.15, 0.2) is 0 Å². The summed E-state index contributed by atoms with van der Waals surface area (Å²) in [5, 5.41) is 9.23. The monoisotopic (exact) mass is 253 g/mol. The third-order valence-electron chi connectivity index (χ3n) is 2.76. The van der Waals surface area contributed by atoms with Gasteiger partial charge in [0.1, 0.15) is 0 Å². The number of anilines is 1. The molecule has 0 spiro atoms. The Labute approximate surface area is 106 Å². The highest BCUT2D eigenvalue weighted by molar-refractivity contribution is 7.98. The molecular formula is C13H19NO2S. The van der Waals surface area contributed by atoms with E-state index in [0.29, 0.717) is 17.7 Å². The third-order valence-corrected chi connectivity index (χ3v) is 3.37. The zero-order valence-electron chi connectivity index (χ0n) is 10.5. The molecule has 3 nitrogen and oxygen atoms in total. The Morgan fingerprint density at radius 3 is 2.59 bits per heavy atom. The number of thioether (sulfide) groups is 1. The van der Waals surface area contributed by atoms with Crippen LogP contribution in [0.25, 0.3) is 0 Å². The van der Waals surface area contributed by atoms with Gasteiger partial charge < -0.3 is 10.8 Å². The van der Waals surface area contributed by atoms with Crippen molar-refractivity contribution in [2.45, 2.75) is 26.2 Å². The summed E-state index contributed by atoms with van der Waals surface area (Å²) >= 11 is 1.69. The molecular weight excluding hydrogens is 234 g/mol. The SMILES string of the molecule is CSCCc1c(N)cc(C(C)C)cc1C(=O)O. The molecule has 0 aromatic heterocycles. The second-order valence-electron chi connectivity index (χ2n) is 4.34. The van der Waals surface area contributed by atoms with Crippen LogP contribution in [0.15, 0.2) is 12.1 Å². The van der Waals surface area contributed by atoms with E-state index in [0.717, 1.165) is 16.9 Å². The quantitative estimate of drug-likeness (QED) is 0.792. The van der Waals surface area contributed by atoms with Gasteiger partial charge in [-0.05, 0) is 47.6 Å². The van der Waals surface area contributed by atoms with Crippen molar-refractivity contribution in [3.63, 3.8) is 0 Å². The Bertz CT molecular complexity index is 416. The minimum Gasteiger partial charge on any atom is -0.478 e. The molecule has 0 amide bonds. The van der Waals surface area contributed by atoms with E-state index in [-0.39, 0.29) is 5.92 Å². The molecule has 0 heterocycles. The number of carboxylic acids is 1. The van der Waals surface area contributed by atoms with Crippen LogP contribution in [0.3, 0.4) is 0 Å². The largest absolute Gasteiger partial charge is 0.478 e. The molecule has 0 saturated heterocycles. The maximum Gasteiger partial charge on any atom is 0.336 e. The molecule has 17 heavy (non-hydrogen) atoms. The molecule has 1 rings (SSSR count). The third kappa shape index (κ3) is 3.40. The Morgan fingerprint density at radius 1 is 1.47 bits per heavy atom. The van der Waals surface area contributed by atoms with E-state index in [1.54, 1.807) is 17.8 Å². The number of nitrogen functional groups attached to an aromatic ring is 1. The lowest BCUT2D eigenvalue weighted by atomic mass is 9.94. The molecule has 0 saturated carbocycles. The van der Waals surface area contributed by atoms with Crippen molar-refractivity contribution in [2.24, 2.45) is 0 Å². The topological polar surface area (TPSA) is 63.3 Å². The fraction of sp³-hybridized carbons (Fsp3) is 0.462. The average Bonchev–Trinajstić information content (AvgIpc) is 2.26. The Kier molecular flexibility index (Phi) is 4.87. The first-order valence-corrected chi connectivity index (χ1v) is 7.01. The van der Waals surface area contributed by atoms with Crippen molar-refractivity contribution in [2.75, 3.05) is 17.7 Å². The zero-order chi connectivity index (χ0) is 13.0. The molecule has 0 fully saturated rings. The lowest BCUT2D eigenvalue weighted by Gasteiger charge is -2.14. The summed E-state index contributed by atoms with van der Waals surface area (Å²) in [4.78, 5) is 11.2. The van der Waals surface area contributed by atoms with Gasteiger partial charge in [-0.15, -0.1) is 0 Å². The van der Waals surface area contributed by atoms with Crippen LogP contribution in [0.4, 0.5) is 5.69 Å². The second kappa shape index (κ2) is 5.96. The number of benzene rings is 1. The normalized spacial score (nSPS) is 10.8. The maximum atomic E-state index is 11.2. The lowest BCUT2D eigenvalue weighted by Crippen LogP contribution is -2.09. The van der Waals surface area contributed by atoms with Crippen LogP contribution in [0.1, 0.15) is 41.3 Å². The molecule has 94 valence electrons. The molecule has 0 aliphatic carbocycles. The fourth-order valence-electron chi connectivity index (χ4n) is 1.72. The van der Waals surface area contributed by atoms with Crippen molar-refractivity contribution < 1.29 is 9.90 Å². The smallest absolute Gasteiger partial charge is 0.336 e. The first-order valence-electron chi connectivity index (χ1n) is 5.61. The van der Waals surface area contributed by atoms with E-state index >= 15 is 0 Å². The second-order valence-corrected chi connectivity index (χ2v) is 5.32. The highest BCUT2D eigenvalue weighted by Crippen LogP contribution is 2.26. The van der Waals surface area contributed by atoms with E-state index < -0.39 is 5.97 Å². The predicted octanol–water partition coefficient (Wildman–Crippen LogP) is 3.00. The first-order chi connectivity index (χ1) is 7.97. The molecule has 0 atom stereocenters. The van der Waals surface area contributed by atoms with Crippen LogP contribution < -0.4 is 5.73 Å². The van der Waals surface area contributed by atoms with Gasteiger partial charge in [-0.1, -0.05) is 13.8 Å². The molecule has 0 bridgehead atoms. The van der Waals surface area contributed by atoms with Crippen LogP contribution in [0, 0.1) is 0 Å². The molecule has 0 aliphatic rings. The van der Waals surface area contributed by atoms with E-state index in [1.807, 2.05) is 26.2 Å². The maximum absolute atomic E-state index is 11.2. The Morgan fingerprint density at radius 2 is 2.12 bits per heavy atom. The molecule has 1 aromatic carbocycles. The van der Waals surface area contributed by atoms with Gasteiger partial charge in [0.05, 0.1) is 5.56 Å². The fourth-order valence-corrected chi connectivity index (χ4v) is 2.13. The van der Waals surface area contributed by atoms with E-state index in [4.69, 9.17) is 5.73 Å². The van der Waals surface area contributed by atoms with Crippen molar-refractivity contribution in [3.8, 4) is 0 Å². The zero-order valence-corrected chi connectivity index (χ0v) is 11.3. The van der Waals surface area contributed by atoms with Crippen molar-refractivity contribution in [1.29, 1.82) is 0 Å². The summed E-state index contributed by atoms with van der Waals surface area (Å²) in [7, 11) is 0. The van der Waals surface area contributed by atoms with Crippen LogP contribution in [-0.4, -0.2) is 23.1 Å². The van der Waals surface area contributed by atoms with E-state index in [1.165, 1.54) is 0 Å². The van der Waals surface area contributed by atoms with Gasteiger partial charge in [0.2, 0.25) is 0 Å². The minimum atomic E-state index is -0.893. The molecule has 1 aromatic rings. The summed E-state index contributed by atoms with van der Waals surface area (Å²) in [6, 6.07) is 3.64. The van der Waals surface area contributed by atoms with Crippen LogP contribution >= 0.6 is 11.8 Å². The summed E-state index contributed by atoms with van der Waals surface area (Å²) in [5.74, 6) is 0.270. The Hall–Kier alpha value is -1.16. The molecule has 4 heteroatoms. The van der Waals surface area contributed by atoms with Crippen LogP contribution in [0.2, 0.25) is 0 Å². The molecule has 0 radical (unpaired) electrons. The first kappa shape index (κ1) is 13.9. The summed E-state index contributed by atoms with van der Waals surface area (Å²) in [5.41, 5.74) is 8.66. The van der Waals surface area contributed by atoms with Crippen LogP contribution in [-0.2, 0) is 6.42 Å². The van der Waals surface area contributed by atoms with Crippen molar-refractivity contribution in [3.05, 3.63) is 28.8 Å². The number of carbonyl (C=O) groups is 1. The van der Waals surface area contributed by atoms with E-state index in [2.05, 4.69) is 0 Å². The van der Waals surface area contributed by atoms with Gasteiger partial charge >= 0.3 is 5.97 Å². The number of rotatable bonds is 5. The minimum absolute atomic E-state index is 0.282. The molecule has 3 N–H and O–H groups in total.